The summed E-state index contributed by atoms with van der Waals surface area (Å²) in [7, 11) is -7.56. The zero-order chi connectivity index (χ0) is 21.2. The lowest BCUT2D eigenvalue weighted by atomic mass is 10.2. The monoisotopic (exact) mass is 465 g/mol. The first kappa shape index (κ1) is 20.9. The summed E-state index contributed by atoms with van der Waals surface area (Å²) >= 11 is 1.46. The van der Waals surface area contributed by atoms with E-state index in [0.717, 1.165) is 10.6 Å². The van der Waals surface area contributed by atoms with Gasteiger partial charge in [-0.25, -0.2) is 21.8 Å². The van der Waals surface area contributed by atoms with Gasteiger partial charge in [-0.1, -0.05) is 12.1 Å². The molecule has 158 valence electrons. The van der Waals surface area contributed by atoms with E-state index >= 15 is 0 Å². The maximum absolute atomic E-state index is 12.8. The number of nitrogens with one attached hydrogen (secondary N) is 1. The summed E-state index contributed by atoms with van der Waals surface area (Å²) in [5.74, 6) is 0. The first-order valence-corrected chi connectivity index (χ1v) is 12.9. The van der Waals surface area contributed by atoms with Crippen molar-refractivity contribution in [3.05, 3.63) is 60.1 Å². The first-order chi connectivity index (χ1) is 14.4. The highest BCUT2D eigenvalue weighted by molar-refractivity contribution is 7.92. The number of rotatable bonds is 6. The summed E-state index contributed by atoms with van der Waals surface area (Å²) in [6.07, 6.45) is 1.68. The van der Waals surface area contributed by atoms with Crippen LogP contribution in [0.5, 0.6) is 0 Å². The highest BCUT2D eigenvalue weighted by atomic mass is 32.2. The Hall–Kier alpha value is -2.31. The standard InChI is InChI=1S/C19H19N3O5S3/c23-29(24,21-16-3-1-2-15(14-16)19-20-8-13-28-19)17-4-6-18(7-5-17)30(25,26)22-9-11-27-12-10-22/h1-8,13-14,21H,9-12H2. The molecule has 1 saturated heterocycles. The molecule has 2 heterocycles. The number of thiazole rings is 1. The molecular weight excluding hydrogens is 446 g/mol. The molecule has 30 heavy (non-hydrogen) atoms. The molecule has 1 N–H and O–H groups in total. The van der Waals surface area contributed by atoms with Gasteiger partial charge in [0.1, 0.15) is 5.01 Å². The van der Waals surface area contributed by atoms with Crippen molar-refractivity contribution < 1.29 is 21.6 Å². The molecule has 0 amide bonds. The van der Waals surface area contributed by atoms with Gasteiger partial charge in [0.2, 0.25) is 10.0 Å². The van der Waals surface area contributed by atoms with Crippen LogP contribution in [0, 0.1) is 0 Å². The molecule has 11 heteroatoms. The van der Waals surface area contributed by atoms with Crippen molar-refractivity contribution in [2.75, 3.05) is 31.0 Å². The lowest BCUT2D eigenvalue weighted by Crippen LogP contribution is -2.40. The van der Waals surface area contributed by atoms with Crippen LogP contribution >= 0.6 is 11.3 Å². The average Bonchev–Trinajstić information content (AvgIpc) is 3.29. The third-order valence-electron chi connectivity index (χ3n) is 4.54. The van der Waals surface area contributed by atoms with E-state index in [4.69, 9.17) is 4.74 Å². The Morgan fingerprint density at radius 2 is 1.67 bits per heavy atom. The van der Waals surface area contributed by atoms with Crippen LogP contribution in [0.2, 0.25) is 0 Å². The Kier molecular flexibility index (Phi) is 5.89. The number of sulfonamides is 2. The Bertz CT molecular complexity index is 1220. The van der Waals surface area contributed by atoms with E-state index in [1.165, 1.54) is 39.9 Å². The van der Waals surface area contributed by atoms with Gasteiger partial charge in [-0.15, -0.1) is 11.3 Å². The molecule has 0 bridgehead atoms. The van der Waals surface area contributed by atoms with Crippen molar-refractivity contribution in [3.8, 4) is 10.6 Å². The van der Waals surface area contributed by atoms with Crippen molar-refractivity contribution in [2.45, 2.75) is 9.79 Å². The van der Waals surface area contributed by atoms with E-state index < -0.39 is 20.0 Å². The molecule has 3 aromatic rings. The van der Waals surface area contributed by atoms with E-state index in [9.17, 15) is 16.8 Å². The molecular formula is C19H19N3O5S3. The highest BCUT2D eigenvalue weighted by Gasteiger charge is 2.26. The predicted molar refractivity (Wildman–Crippen MR) is 114 cm³/mol. The van der Waals surface area contributed by atoms with Crippen LogP contribution in [0.3, 0.4) is 0 Å². The van der Waals surface area contributed by atoms with Crippen LogP contribution in [0.25, 0.3) is 10.6 Å². The number of morpholine rings is 1. The highest BCUT2D eigenvalue weighted by Crippen LogP contribution is 2.26. The summed E-state index contributed by atoms with van der Waals surface area (Å²) in [6, 6.07) is 12.1. The number of aromatic nitrogens is 1. The molecule has 0 atom stereocenters. The minimum absolute atomic E-state index is 0.0249. The second-order valence-electron chi connectivity index (χ2n) is 6.51. The molecule has 0 saturated carbocycles. The number of anilines is 1. The lowest BCUT2D eigenvalue weighted by molar-refractivity contribution is 0.0730. The van der Waals surface area contributed by atoms with Crippen LogP contribution in [0.1, 0.15) is 0 Å². The fourth-order valence-corrected chi connectivity index (χ4v) is 6.12. The van der Waals surface area contributed by atoms with Crippen LogP contribution < -0.4 is 4.72 Å². The minimum atomic E-state index is -3.88. The van der Waals surface area contributed by atoms with E-state index in [-0.39, 0.29) is 22.9 Å². The molecule has 1 aromatic heterocycles. The molecule has 1 fully saturated rings. The summed E-state index contributed by atoms with van der Waals surface area (Å²) in [5, 5.41) is 2.63. The maximum Gasteiger partial charge on any atom is 0.261 e. The first-order valence-electron chi connectivity index (χ1n) is 9.07. The third kappa shape index (κ3) is 4.40. The number of hydrogen-bond donors (Lipinski definition) is 1. The van der Waals surface area contributed by atoms with E-state index in [2.05, 4.69) is 9.71 Å². The zero-order valence-electron chi connectivity index (χ0n) is 15.8. The molecule has 0 spiro atoms. The van der Waals surface area contributed by atoms with Crippen LogP contribution in [-0.4, -0.2) is 52.4 Å². The Morgan fingerprint density at radius 3 is 2.33 bits per heavy atom. The van der Waals surface area contributed by atoms with Crippen LogP contribution in [0.4, 0.5) is 5.69 Å². The van der Waals surface area contributed by atoms with Gasteiger partial charge in [0.05, 0.1) is 23.0 Å². The van der Waals surface area contributed by atoms with Crippen molar-refractivity contribution in [1.29, 1.82) is 0 Å². The molecule has 0 unspecified atom stereocenters. The quantitative estimate of drug-likeness (QED) is 0.600. The smallest absolute Gasteiger partial charge is 0.261 e. The van der Waals surface area contributed by atoms with E-state index in [1.807, 2.05) is 11.4 Å². The van der Waals surface area contributed by atoms with Crippen molar-refractivity contribution >= 4 is 37.1 Å². The number of benzene rings is 2. The fraction of sp³-hybridized carbons (Fsp3) is 0.211. The van der Waals surface area contributed by atoms with Gasteiger partial charge in [0.15, 0.2) is 0 Å². The van der Waals surface area contributed by atoms with E-state index in [0.29, 0.717) is 18.9 Å². The average molecular weight is 466 g/mol. The van der Waals surface area contributed by atoms with Crippen LogP contribution in [-0.2, 0) is 24.8 Å². The third-order valence-corrected chi connectivity index (χ3v) is 8.67. The largest absolute Gasteiger partial charge is 0.379 e. The summed E-state index contributed by atoms with van der Waals surface area (Å²) in [6.45, 7) is 1.24. The Balaban J connectivity index is 1.54. The second kappa shape index (κ2) is 8.44. The molecule has 8 nitrogen and oxygen atoms in total. The number of nitrogens with zero attached hydrogens (tertiary/aromatic N) is 2. The van der Waals surface area contributed by atoms with Gasteiger partial charge in [0.25, 0.3) is 10.0 Å². The maximum atomic E-state index is 12.8. The van der Waals surface area contributed by atoms with E-state index in [1.54, 1.807) is 24.4 Å². The summed E-state index contributed by atoms with van der Waals surface area (Å²) in [5.41, 5.74) is 1.20. The SMILES string of the molecule is O=S(=O)(Nc1cccc(-c2nccs2)c1)c1ccc(S(=O)(=O)N2CCOCC2)cc1. The summed E-state index contributed by atoms with van der Waals surface area (Å²) < 4.78 is 60.0. The van der Waals surface area contributed by atoms with Gasteiger partial charge in [0, 0.05) is 35.9 Å². The minimum Gasteiger partial charge on any atom is -0.379 e. The van der Waals surface area contributed by atoms with Gasteiger partial charge in [-0.3, -0.25) is 4.72 Å². The van der Waals surface area contributed by atoms with Crippen molar-refractivity contribution in [3.63, 3.8) is 0 Å². The molecule has 1 aliphatic heterocycles. The van der Waals surface area contributed by atoms with Gasteiger partial charge < -0.3 is 4.74 Å². The number of ether oxygens (including phenoxy) is 1. The van der Waals surface area contributed by atoms with Crippen LogP contribution in [0.15, 0.2) is 69.9 Å². The zero-order valence-corrected chi connectivity index (χ0v) is 18.2. The molecule has 0 aliphatic carbocycles. The van der Waals surface area contributed by atoms with Crippen molar-refractivity contribution in [2.24, 2.45) is 0 Å². The Morgan fingerprint density at radius 1 is 0.967 bits per heavy atom. The van der Waals surface area contributed by atoms with Gasteiger partial charge >= 0.3 is 0 Å². The lowest BCUT2D eigenvalue weighted by Gasteiger charge is -2.26. The summed E-state index contributed by atoms with van der Waals surface area (Å²) in [4.78, 5) is 4.25. The van der Waals surface area contributed by atoms with Gasteiger partial charge in [-0.05, 0) is 36.4 Å². The molecule has 4 rings (SSSR count). The topological polar surface area (TPSA) is 106 Å². The predicted octanol–water partition coefficient (Wildman–Crippen LogP) is 2.63. The number of hydrogen-bond acceptors (Lipinski definition) is 7. The van der Waals surface area contributed by atoms with Crippen molar-refractivity contribution in [1.82, 2.24) is 9.29 Å². The molecule has 2 aromatic carbocycles. The van der Waals surface area contributed by atoms with Gasteiger partial charge in [-0.2, -0.15) is 4.31 Å². The second-order valence-corrected chi connectivity index (χ2v) is 11.0. The molecule has 1 aliphatic rings. The fourth-order valence-electron chi connectivity index (χ4n) is 3.02. The Labute approximate surface area is 179 Å². The normalized spacial score (nSPS) is 15.7. The molecule has 0 radical (unpaired) electrons.